The van der Waals surface area contributed by atoms with Crippen LogP contribution in [0.2, 0.25) is 0 Å². The normalized spacial score (nSPS) is 9.91. The molecule has 22 heavy (non-hydrogen) atoms. The highest BCUT2D eigenvalue weighted by atomic mass is 16.6. The van der Waals surface area contributed by atoms with Gasteiger partial charge in [0, 0.05) is 19.7 Å². The van der Waals surface area contributed by atoms with Gasteiger partial charge in [-0.05, 0) is 12.1 Å². The number of rotatable bonds is 8. The van der Waals surface area contributed by atoms with Gasteiger partial charge in [0.2, 0.25) is 0 Å². The number of carbonyl (C=O) groups is 2. The molecule has 0 aliphatic rings. The minimum atomic E-state index is -0.840. The molecule has 0 saturated heterocycles. The molecule has 120 valence electrons. The van der Waals surface area contributed by atoms with Crippen molar-refractivity contribution in [2.75, 3.05) is 34.0 Å². The molecule has 0 spiro atoms. The zero-order valence-electron chi connectivity index (χ0n) is 12.2. The smallest absolute Gasteiger partial charge is 0.338 e. The van der Waals surface area contributed by atoms with Crippen LogP contribution in [0, 0.1) is 10.1 Å². The van der Waals surface area contributed by atoms with E-state index in [4.69, 9.17) is 14.2 Å². The third kappa shape index (κ3) is 5.02. The monoisotopic (exact) mass is 312 g/mol. The minimum absolute atomic E-state index is 0.0267. The number of benzene rings is 1. The van der Waals surface area contributed by atoms with Crippen molar-refractivity contribution in [3.8, 4) is 5.75 Å². The van der Waals surface area contributed by atoms with Crippen LogP contribution in [0.15, 0.2) is 18.2 Å². The highest BCUT2D eigenvalue weighted by molar-refractivity contribution is 5.92. The van der Waals surface area contributed by atoms with Crippen LogP contribution in [0.5, 0.6) is 5.75 Å². The van der Waals surface area contributed by atoms with Gasteiger partial charge in [0.15, 0.2) is 12.4 Å². The summed E-state index contributed by atoms with van der Waals surface area (Å²) in [5.41, 5.74) is -0.404. The van der Waals surface area contributed by atoms with E-state index in [-0.39, 0.29) is 17.0 Å². The Morgan fingerprint density at radius 2 is 2.05 bits per heavy atom. The molecular formula is C13H16N2O7. The van der Waals surface area contributed by atoms with Crippen LogP contribution in [-0.4, -0.2) is 50.8 Å². The van der Waals surface area contributed by atoms with Crippen molar-refractivity contribution in [1.29, 1.82) is 0 Å². The molecule has 0 aliphatic heterocycles. The number of hydrogen-bond donors (Lipinski definition) is 1. The molecule has 1 aromatic carbocycles. The summed E-state index contributed by atoms with van der Waals surface area (Å²) in [6, 6.07) is 3.63. The van der Waals surface area contributed by atoms with E-state index >= 15 is 0 Å². The van der Waals surface area contributed by atoms with E-state index in [1.165, 1.54) is 26.4 Å². The largest absolute Gasteiger partial charge is 0.490 e. The summed E-state index contributed by atoms with van der Waals surface area (Å²) in [6.07, 6.45) is 0. The number of carbonyl (C=O) groups excluding carboxylic acids is 2. The molecule has 1 aromatic rings. The third-order valence-electron chi connectivity index (χ3n) is 2.57. The quantitative estimate of drug-likeness (QED) is 0.322. The molecule has 9 nitrogen and oxygen atoms in total. The van der Waals surface area contributed by atoms with Gasteiger partial charge in [-0.15, -0.1) is 0 Å². The molecule has 0 radical (unpaired) electrons. The van der Waals surface area contributed by atoms with Gasteiger partial charge >= 0.3 is 11.7 Å². The van der Waals surface area contributed by atoms with Crippen molar-refractivity contribution in [1.82, 2.24) is 5.32 Å². The number of nitro benzene ring substituents is 1. The van der Waals surface area contributed by atoms with Crippen LogP contribution in [0.25, 0.3) is 0 Å². The summed E-state index contributed by atoms with van der Waals surface area (Å²) in [6.45, 7) is 0.146. The first-order chi connectivity index (χ1) is 10.5. The average molecular weight is 312 g/mol. The van der Waals surface area contributed by atoms with Gasteiger partial charge in [-0.25, -0.2) is 4.79 Å². The van der Waals surface area contributed by atoms with Gasteiger partial charge in [-0.2, -0.15) is 0 Å². The van der Waals surface area contributed by atoms with Crippen LogP contribution in [0.1, 0.15) is 10.4 Å². The Bertz CT molecular complexity index is 559. The van der Waals surface area contributed by atoms with E-state index in [2.05, 4.69) is 5.32 Å². The fourth-order valence-corrected chi connectivity index (χ4v) is 1.52. The van der Waals surface area contributed by atoms with Crippen LogP contribution < -0.4 is 10.1 Å². The van der Waals surface area contributed by atoms with E-state index in [0.29, 0.717) is 13.2 Å². The first kappa shape index (κ1) is 17.4. The maximum absolute atomic E-state index is 11.8. The van der Waals surface area contributed by atoms with Gasteiger partial charge in [-0.1, -0.05) is 0 Å². The van der Waals surface area contributed by atoms with E-state index in [1.807, 2.05) is 0 Å². The predicted molar refractivity (Wildman–Crippen MR) is 74.8 cm³/mol. The Balaban J connectivity index is 2.64. The molecule has 0 fully saturated rings. The molecule has 0 atom stereocenters. The van der Waals surface area contributed by atoms with Crippen molar-refractivity contribution in [3.05, 3.63) is 33.9 Å². The van der Waals surface area contributed by atoms with Gasteiger partial charge in [0.05, 0.1) is 24.2 Å². The van der Waals surface area contributed by atoms with Gasteiger partial charge < -0.3 is 19.5 Å². The summed E-state index contributed by atoms with van der Waals surface area (Å²) in [5, 5.41) is 13.3. The Morgan fingerprint density at radius 3 is 2.64 bits per heavy atom. The molecule has 0 aliphatic carbocycles. The highest BCUT2D eigenvalue weighted by Gasteiger charge is 2.19. The fourth-order valence-electron chi connectivity index (χ4n) is 1.52. The summed E-state index contributed by atoms with van der Waals surface area (Å²) >= 11 is 0. The van der Waals surface area contributed by atoms with Crippen LogP contribution in [-0.2, 0) is 14.3 Å². The summed E-state index contributed by atoms with van der Waals surface area (Å²) < 4.78 is 14.3. The minimum Gasteiger partial charge on any atom is -0.490 e. The van der Waals surface area contributed by atoms with E-state index in [9.17, 15) is 19.7 Å². The lowest BCUT2D eigenvalue weighted by Gasteiger charge is -2.07. The van der Waals surface area contributed by atoms with Crippen molar-refractivity contribution >= 4 is 17.6 Å². The first-order valence-electron chi connectivity index (χ1n) is 6.24. The van der Waals surface area contributed by atoms with E-state index in [1.54, 1.807) is 0 Å². The second-order valence-electron chi connectivity index (χ2n) is 4.06. The van der Waals surface area contributed by atoms with Crippen molar-refractivity contribution in [2.45, 2.75) is 0 Å². The number of methoxy groups -OCH3 is 2. The Morgan fingerprint density at radius 1 is 1.32 bits per heavy atom. The second kappa shape index (κ2) is 8.57. The standard InChI is InChI=1S/C13H16N2O7/c1-20-6-5-14-12(16)8-22-13(17)9-3-4-11(21-2)10(7-9)15(18)19/h3-4,7H,5-6,8H2,1-2H3,(H,14,16). The van der Waals surface area contributed by atoms with E-state index in [0.717, 1.165) is 6.07 Å². The van der Waals surface area contributed by atoms with Gasteiger partial charge in [-0.3, -0.25) is 14.9 Å². The lowest BCUT2D eigenvalue weighted by atomic mass is 10.2. The molecule has 0 bridgehead atoms. The van der Waals surface area contributed by atoms with E-state index < -0.39 is 23.4 Å². The molecular weight excluding hydrogens is 296 g/mol. The lowest BCUT2D eigenvalue weighted by Crippen LogP contribution is -2.31. The molecule has 0 aromatic heterocycles. The average Bonchev–Trinajstić information content (AvgIpc) is 2.52. The SMILES string of the molecule is COCCNC(=O)COC(=O)c1ccc(OC)c([N+](=O)[O-])c1. The molecule has 0 unspecified atom stereocenters. The lowest BCUT2D eigenvalue weighted by molar-refractivity contribution is -0.385. The third-order valence-corrected chi connectivity index (χ3v) is 2.57. The van der Waals surface area contributed by atoms with Crippen LogP contribution >= 0.6 is 0 Å². The highest BCUT2D eigenvalue weighted by Crippen LogP contribution is 2.27. The molecule has 1 N–H and O–H groups in total. The zero-order chi connectivity index (χ0) is 16.5. The number of nitrogens with zero attached hydrogens (tertiary/aromatic N) is 1. The zero-order valence-corrected chi connectivity index (χ0v) is 12.2. The first-order valence-corrected chi connectivity index (χ1v) is 6.24. The van der Waals surface area contributed by atoms with Gasteiger partial charge in [0.25, 0.3) is 5.91 Å². The maximum Gasteiger partial charge on any atom is 0.338 e. The number of esters is 1. The topological polar surface area (TPSA) is 117 Å². The molecule has 1 rings (SSSR count). The molecule has 1 amide bonds. The number of nitrogens with one attached hydrogen (secondary N) is 1. The summed E-state index contributed by atoms with van der Waals surface area (Å²) in [7, 11) is 2.77. The Labute approximate surface area is 126 Å². The molecule has 9 heteroatoms. The fraction of sp³-hybridized carbons (Fsp3) is 0.385. The maximum atomic E-state index is 11.8. The Hall–Kier alpha value is -2.68. The predicted octanol–water partition coefficient (Wildman–Crippen LogP) is 0.523. The van der Waals surface area contributed by atoms with Crippen molar-refractivity contribution in [2.24, 2.45) is 0 Å². The number of ether oxygens (including phenoxy) is 3. The molecule has 0 saturated carbocycles. The number of amides is 1. The number of hydrogen-bond acceptors (Lipinski definition) is 7. The second-order valence-corrected chi connectivity index (χ2v) is 4.06. The van der Waals surface area contributed by atoms with Crippen molar-refractivity contribution < 1.29 is 28.7 Å². The summed E-state index contributed by atoms with van der Waals surface area (Å²) in [5.74, 6) is -1.31. The Kier molecular flexibility index (Phi) is 6.77. The number of nitro groups is 1. The van der Waals surface area contributed by atoms with Gasteiger partial charge in [0.1, 0.15) is 0 Å². The van der Waals surface area contributed by atoms with Crippen molar-refractivity contribution in [3.63, 3.8) is 0 Å². The molecule has 0 heterocycles. The van der Waals surface area contributed by atoms with Crippen LogP contribution in [0.4, 0.5) is 5.69 Å². The van der Waals surface area contributed by atoms with Crippen LogP contribution in [0.3, 0.4) is 0 Å². The summed E-state index contributed by atoms with van der Waals surface area (Å²) in [4.78, 5) is 33.3.